The molecule has 0 heterocycles. The molecule has 0 spiro atoms. The van der Waals surface area contributed by atoms with Gasteiger partial charge in [0.15, 0.2) is 4.87 Å². The van der Waals surface area contributed by atoms with Gasteiger partial charge in [-0.3, -0.25) is 9.11 Å². The van der Waals surface area contributed by atoms with Gasteiger partial charge in [0.05, 0.1) is 0 Å². The van der Waals surface area contributed by atoms with E-state index in [1.54, 1.807) is 4.72 Å². The van der Waals surface area contributed by atoms with Crippen LogP contribution in [0.1, 0.15) is 104 Å². The summed E-state index contributed by atoms with van der Waals surface area (Å²) in [6, 6.07) is 0. The lowest BCUT2D eigenvalue weighted by Gasteiger charge is -2.25. The lowest BCUT2D eigenvalue weighted by Crippen LogP contribution is -2.51. The second-order valence-corrected chi connectivity index (χ2v) is 10.3. The summed E-state index contributed by atoms with van der Waals surface area (Å²) in [5.41, 5.74) is 0. The van der Waals surface area contributed by atoms with E-state index in [-0.39, 0.29) is 6.42 Å². The van der Waals surface area contributed by atoms with Crippen LogP contribution in [0.25, 0.3) is 0 Å². The largest absolute Gasteiger partial charge is 0.334 e. The number of hydrogen-bond donors (Lipinski definition) is 3. The van der Waals surface area contributed by atoms with Gasteiger partial charge >= 0.3 is 10.3 Å². The van der Waals surface area contributed by atoms with Crippen LogP contribution < -0.4 is 4.72 Å². The van der Waals surface area contributed by atoms with Gasteiger partial charge in [0.25, 0.3) is 10.1 Å². The Hall–Kier alpha value is -0.220. The third-order valence-corrected chi connectivity index (χ3v) is 6.95. The molecule has 0 aliphatic rings. The molecule has 0 rings (SSSR count). The van der Waals surface area contributed by atoms with Gasteiger partial charge in [0, 0.05) is 0 Å². The van der Waals surface area contributed by atoms with E-state index in [1.807, 2.05) is 0 Å². The van der Waals surface area contributed by atoms with Gasteiger partial charge in [-0.1, -0.05) is 90.4 Å². The van der Waals surface area contributed by atoms with Gasteiger partial charge in [-0.25, -0.2) is 0 Å². The van der Waals surface area contributed by atoms with Crippen molar-refractivity contribution in [3.63, 3.8) is 0 Å². The second kappa shape index (κ2) is 13.0. The molecule has 7 nitrogen and oxygen atoms in total. The molecule has 0 radical (unpaired) electrons. The standard InChI is InChI=1S/C17H37NO6S2/c1-3-4-5-6-7-8-9-10-11-12-13-14-15-16-17(2,25(19,20)21)18-26(22,23)24/h18H,3-16H2,1-2H3,(H,19,20,21)(H,22,23,24). The highest BCUT2D eigenvalue weighted by Crippen LogP contribution is 2.22. The van der Waals surface area contributed by atoms with Crippen LogP contribution in [0, 0.1) is 0 Å². The summed E-state index contributed by atoms with van der Waals surface area (Å²) in [6.45, 7) is 3.27. The monoisotopic (exact) mass is 415 g/mol. The fraction of sp³-hybridized carbons (Fsp3) is 1.00. The van der Waals surface area contributed by atoms with Crippen molar-refractivity contribution in [3.8, 4) is 0 Å². The Morgan fingerprint density at radius 2 is 1.04 bits per heavy atom. The quantitative estimate of drug-likeness (QED) is 0.238. The third kappa shape index (κ3) is 13.0. The topological polar surface area (TPSA) is 121 Å². The molecule has 0 aliphatic carbocycles. The summed E-state index contributed by atoms with van der Waals surface area (Å²) in [7, 11) is -9.39. The molecule has 26 heavy (non-hydrogen) atoms. The molecule has 1 atom stereocenters. The van der Waals surface area contributed by atoms with Crippen molar-refractivity contribution in [2.24, 2.45) is 0 Å². The smallest absolute Gasteiger partial charge is 0.284 e. The maximum absolute atomic E-state index is 11.4. The zero-order valence-corrected chi connectivity index (χ0v) is 17.9. The van der Waals surface area contributed by atoms with Crippen LogP contribution >= 0.6 is 0 Å². The lowest BCUT2D eigenvalue weighted by molar-refractivity contribution is 0.377. The van der Waals surface area contributed by atoms with E-state index in [1.165, 1.54) is 51.4 Å². The summed E-state index contributed by atoms with van der Waals surface area (Å²) in [5.74, 6) is 0. The van der Waals surface area contributed by atoms with Crippen LogP contribution in [0.2, 0.25) is 0 Å². The maximum Gasteiger partial charge on any atom is 0.334 e. The van der Waals surface area contributed by atoms with Gasteiger partial charge in [-0.05, 0) is 13.3 Å². The summed E-state index contributed by atoms with van der Waals surface area (Å²) in [5, 5.41) is 0. The van der Waals surface area contributed by atoms with Gasteiger partial charge < -0.3 is 0 Å². The van der Waals surface area contributed by atoms with Gasteiger partial charge in [0.1, 0.15) is 0 Å². The van der Waals surface area contributed by atoms with E-state index in [0.29, 0.717) is 6.42 Å². The molecule has 0 aromatic heterocycles. The summed E-state index contributed by atoms with van der Waals surface area (Å²) in [4.78, 5) is -2.10. The predicted molar refractivity (Wildman–Crippen MR) is 105 cm³/mol. The van der Waals surface area contributed by atoms with Gasteiger partial charge in [0.2, 0.25) is 0 Å². The molecule has 9 heteroatoms. The summed E-state index contributed by atoms with van der Waals surface area (Å²) < 4.78 is 64.2. The first-order valence-corrected chi connectivity index (χ1v) is 12.6. The Kier molecular flexibility index (Phi) is 12.9. The average Bonchev–Trinajstić information content (AvgIpc) is 2.49. The molecular formula is C17H37NO6S2. The third-order valence-electron chi connectivity index (χ3n) is 4.67. The molecule has 0 bridgehead atoms. The highest BCUT2D eigenvalue weighted by Gasteiger charge is 2.40. The van der Waals surface area contributed by atoms with Crippen molar-refractivity contribution < 1.29 is 25.9 Å². The summed E-state index contributed by atoms with van der Waals surface area (Å²) in [6.07, 6.45) is 14.6. The number of unbranched alkanes of at least 4 members (excludes halogenated alkanes) is 12. The molecule has 0 saturated heterocycles. The van der Waals surface area contributed by atoms with E-state index in [4.69, 9.17) is 4.55 Å². The van der Waals surface area contributed by atoms with Crippen LogP contribution in [0.4, 0.5) is 0 Å². The van der Waals surface area contributed by atoms with E-state index < -0.39 is 25.3 Å². The summed E-state index contributed by atoms with van der Waals surface area (Å²) >= 11 is 0. The first-order valence-electron chi connectivity index (χ1n) is 9.75. The van der Waals surface area contributed by atoms with E-state index in [2.05, 4.69) is 6.92 Å². The van der Waals surface area contributed by atoms with Crippen molar-refractivity contribution in [2.45, 2.75) is 109 Å². The molecular weight excluding hydrogens is 378 g/mol. The number of hydrogen-bond acceptors (Lipinski definition) is 4. The normalized spacial score (nSPS) is 15.1. The average molecular weight is 416 g/mol. The van der Waals surface area contributed by atoms with Crippen molar-refractivity contribution in [2.75, 3.05) is 0 Å². The Morgan fingerprint density at radius 3 is 1.35 bits per heavy atom. The zero-order valence-electron chi connectivity index (χ0n) is 16.2. The predicted octanol–water partition coefficient (Wildman–Crippen LogP) is 4.46. The van der Waals surface area contributed by atoms with E-state index in [0.717, 1.165) is 32.6 Å². The molecule has 0 aromatic carbocycles. The zero-order chi connectivity index (χ0) is 20.1. The molecule has 0 aliphatic heterocycles. The fourth-order valence-corrected chi connectivity index (χ4v) is 4.77. The Balaban J connectivity index is 3.81. The highest BCUT2D eigenvalue weighted by atomic mass is 32.2. The van der Waals surface area contributed by atoms with Gasteiger partial charge in [-0.15, -0.1) is 0 Å². The molecule has 0 saturated carbocycles. The first-order chi connectivity index (χ1) is 12.0. The Morgan fingerprint density at radius 1 is 0.692 bits per heavy atom. The van der Waals surface area contributed by atoms with Crippen molar-refractivity contribution in [1.29, 1.82) is 0 Å². The molecule has 0 fully saturated rings. The number of nitrogens with one attached hydrogen (secondary N) is 1. The van der Waals surface area contributed by atoms with E-state index >= 15 is 0 Å². The number of rotatable bonds is 17. The van der Waals surface area contributed by atoms with Crippen LogP contribution in [-0.4, -0.2) is 30.8 Å². The van der Waals surface area contributed by atoms with Crippen LogP contribution in [0.5, 0.6) is 0 Å². The van der Waals surface area contributed by atoms with Crippen molar-refractivity contribution in [3.05, 3.63) is 0 Å². The first kappa shape index (κ1) is 25.8. The van der Waals surface area contributed by atoms with Crippen LogP contribution in [-0.2, 0) is 20.4 Å². The molecule has 1 unspecified atom stereocenters. The van der Waals surface area contributed by atoms with Crippen LogP contribution in [0.15, 0.2) is 0 Å². The van der Waals surface area contributed by atoms with Crippen molar-refractivity contribution >= 4 is 20.4 Å². The lowest BCUT2D eigenvalue weighted by atomic mass is 10.0. The maximum atomic E-state index is 11.4. The highest BCUT2D eigenvalue weighted by molar-refractivity contribution is 7.89. The minimum absolute atomic E-state index is 0.0939. The minimum atomic E-state index is -4.72. The van der Waals surface area contributed by atoms with Crippen molar-refractivity contribution in [1.82, 2.24) is 4.72 Å². The molecule has 0 amide bonds. The fourth-order valence-electron chi connectivity index (χ4n) is 2.99. The van der Waals surface area contributed by atoms with Gasteiger partial charge in [-0.2, -0.15) is 21.6 Å². The molecule has 158 valence electrons. The molecule has 0 aromatic rings. The second-order valence-electron chi connectivity index (χ2n) is 7.28. The van der Waals surface area contributed by atoms with Crippen LogP contribution in [0.3, 0.4) is 0 Å². The molecule has 3 N–H and O–H groups in total. The SMILES string of the molecule is CCCCCCCCCCCCCCCC(C)(NS(=O)(=O)O)S(=O)(=O)O. The Labute approximate surface area is 160 Å². The van der Waals surface area contributed by atoms with E-state index in [9.17, 15) is 21.4 Å². The minimum Gasteiger partial charge on any atom is -0.284 e. The Bertz CT molecular complexity index is 562.